The number of aromatic nitrogens is 3. The molecule has 0 saturated carbocycles. The summed E-state index contributed by atoms with van der Waals surface area (Å²) < 4.78 is 29.2. The van der Waals surface area contributed by atoms with Crippen LogP contribution in [0.5, 0.6) is 0 Å². The number of carboxylic acid groups (broad SMARTS) is 1. The molecule has 6 nitrogen and oxygen atoms in total. The number of rotatable bonds is 6. The SMILES string of the molecule is O=C(O)CCn1c(=O)cc(C(F)F)c2cn(Cc3ccccc3)nc21. The van der Waals surface area contributed by atoms with Crippen LogP contribution in [0.3, 0.4) is 0 Å². The summed E-state index contributed by atoms with van der Waals surface area (Å²) in [6.45, 7) is 0.224. The summed E-state index contributed by atoms with van der Waals surface area (Å²) in [5.74, 6) is -1.08. The van der Waals surface area contributed by atoms with Crippen molar-refractivity contribution >= 4 is 17.0 Å². The number of aryl methyl sites for hydroxylation is 1. The van der Waals surface area contributed by atoms with Crippen molar-refractivity contribution in [1.82, 2.24) is 14.3 Å². The summed E-state index contributed by atoms with van der Waals surface area (Å²) in [5.41, 5.74) is -0.0896. The van der Waals surface area contributed by atoms with Crippen molar-refractivity contribution in [2.75, 3.05) is 0 Å². The van der Waals surface area contributed by atoms with Crippen LogP contribution in [0.4, 0.5) is 8.78 Å². The predicted molar refractivity (Wildman–Crippen MR) is 86.7 cm³/mol. The lowest BCUT2D eigenvalue weighted by molar-refractivity contribution is -0.137. The van der Waals surface area contributed by atoms with Crippen LogP contribution < -0.4 is 5.56 Å². The minimum atomic E-state index is -2.82. The van der Waals surface area contributed by atoms with Gasteiger partial charge in [-0.25, -0.2) is 8.78 Å². The standard InChI is InChI=1S/C17H15F2N3O3/c18-16(19)12-8-14(23)22(7-6-15(24)25)17-13(12)10-21(20-17)9-11-4-2-1-3-5-11/h1-5,8,10,16H,6-7,9H2,(H,24,25). The molecule has 0 bridgehead atoms. The first-order chi connectivity index (χ1) is 12.0. The molecule has 0 fully saturated rings. The number of aliphatic carboxylic acids is 1. The number of nitrogens with zero attached hydrogens (tertiary/aromatic N) is 3. The second kappa shape index (κ2) is 6.84. The van der Waals surface area contributed by atoms with E-state index >= 15 is 0 Å². The molecule has 8 heteroatoms. The molecule has 1 N–H and O–H groups in total. The first-order valence-electron chi connectivity index (χ1n) is 7.60. The molecule has 130 valence electrons. The number of hydrogen-bond acceptors (Lipinski definition) is 3. The van der Waals surface area contributed by atoms with Gasteiger partial charge >= 0.3 is 5.97 Å². The maximum Gasteiger partial charge on any atom is 0.305 e. The Bertz CT molecular complexity index is 964. The Kier molecular flexibility index (Phi) is 4.60. The zero-order chi connectivity index (χ0) is 18.0. The molecule has 0 aliphatic carbocycles. The predicted octanol–water partition coefficient (Wildman–Crippen LogP) is 2.66. The molecule has 2 aromatic heterocycles. The fourth-order valence-corrected chi connectivity index (χ4v) is 2.66. The highest BCUT2D eigenvalue weighted by Crippen LogP contribution is 2.26. The average molecular weight is 347 g/mol. The van der Waals surface area contributed by atoms with E-state index in [0.29, 0.717) is 6.54 Å². The lowest BCUT2D eigenvalue weighted by Crippen LogP contribution is -2.22. The van der Waals surface area contributed by atoms with E-state index in [0.717, 1.165) is 16.2 Å². The van der Waals surface area contributed by atoms with Crippen LogP contribution in [0.2, 0.25) is 0 Å². The molecule has 0 radical (unpaired) electrons. The number of alkyl halides is 2. The van der Waals surface area contributed by atoms with Crippen molar-refractivity contribution in [3.05, 3.63) is 64.1 Å². The van der Waals surface area contributed by atoms with E-state index in [1.807, 2.05) is 30.3 Å². The number of fused-ring (bicyclic) bond motifs is 1. The van der Waals surface area contributed by atoms with Crippen LogP contribution in [-0.4, -0.2) is 25.4 Å². The van der Waals surface area contributed by atoms with Gasteiger partial charge in [-0.2, -0.15) is 5.10 Å². The number of benzene rings is 1. The van der Waals surface area contributed by atoms with E-state index < -0.39 is 23.5 Å². The Labute approximate surface area is 140 Å². The lowest BCUT2D eigenvalue weighted by atomic mass is 10.2. The normalized spacial score (nSPS) is 11.3. The maximum absolute atomic E-state index is 13.3. The molecule has 0 aliphatic heterocycles. The van der Waals surface area contributed by atoms with Gasteiger partial charge < -0.3 is 5.11 Å². The first-order valence-corrected chi connectivity index (χ1v) is 7.60. The molecule has 0 unspecified atom stereocenters. The summed E-state index contributed by atoms with van der Waals surface area (Å²) in [4.78, 5) is 22.9. The van der Waals surface area contributed by atoms with Crippen LogP contribution >= 0.6 is 0 Å². The molecule has 1 aromatic carbocycles. The van der Waals surface area contributed by atoms with Gasteiger partial charge in [0.15, 0.2) is 5.65 Å². The topological polar surface area (TPSA) is 77.1 Å². The molecular weight excluding hydrogens is 332 g/mol. The molecule has 25 heavy (non-hydrogen) atoms. The third-order valence-corrected chi connectivity index (χ3v) is 3.83. The van der Waals surface area contributed by atoms with Gasteiger partial charge in [-0.05, 0) is 5.56 Å². The Morgan fingerprint density at radius 3 is 2.60 bits per heavy atom. The summed E-state index contributed by atoms with van der Waals surface area (Å²) in [6.07, 6.45) is -1.66. The molecular formula is C17H15F2N3O3. The summed E-state index contributed by atoms with van der Waals surface area (Å²) in [5, 5.41) is 13.2. The number of hydrogen-bond donors (Lipinski definition) is 1. The quantitative estimate of drug-likeness (QED) is 0.744. The van der Waals surface area contributed by atoms with Gasteiger partial charge in [-0.3, -0.25) is 18.8 Å². The number of pyridine rings is 1. The molecule has 0 saturated heterocycles. The van der Waals surface area contributed by atoms with Gasteiger partial charge in [0.2, 0.25) is 0 Å². The van der Waals surface area contributed by atoms with Gasteiger partial charge in [-0.1, -0.05) is 30.3 Å². The summed E-state index contributed by atoms with van der Waals surface area (Å²) in [7, 11) is 0. The fourth-order valence-electron chi connectivity index (χ4n) is 2.66. The lowest BCUT2D eigenvalue weighted by Gasteiger charge is -2.07. The maximum atomic E-state index is 13.3. The Balaban J connectivity index is 2.10. The molecule has 0 spiro atoms. The van der Waals surface area contributed by atoms with Crippen LogP contribution in [0.1, 0.15) is 24.0 Å². The van der Waals surface area contributed by atoms with Crippen molar-refractivity contribution < 1.29 is 18.7 Å². The third-order valence-electron chi connectivity index (χ3n) is 3.83. The van der Waals surface area contributed by atoms with Crippen LogP contribution in [0.15, 0.2) is 47.4 Å². The van der Waals surface area contributed by atoms with E-state index in [-0.39, 0.29) is 24.0 Å². The van der Waals surface area contributed by atoms with Crippen molar-refractivity contribution in [3.63, 3.8) is 0 Å². The van der Waals surface area contributed by atoms with E-state index in [9.17, 15) is 18.4 Å². The Morgan fingerprint density at radius 2 is 1.96 bits per heavy atom. The summed E-state index contributed by atoms with van der Waals surface area (Å²) >= 11 is 0. The fraction of sp³-hybridized carbons (Fsp3) is 0.235. The summed E-state index contributed by atoms with van der Waals surface area (Å²) in [6, 6.07) is 10.2. The van der Waals surface area contributed by atoms with Crippen molar-refractivity contribution in [2.24, 2.45) is 0 Å². The number of carboxylic acids is 1. The van der Waals surface area contributed by atoms with Crippen LogP contribution in [-0.2, 0) is 17.9 Å². The van der Waals surface area contributed by atoms with Crippen molar-refractivity contribution in [1.29, 1.82) is 0 Å². The third kappa shape index (κ3) is 3.57. The number of carbonyl (C=O) groups is 1. The minimum absolute atomic E-state index is 0.0694. The minimum Gasteiger partial charge on any atom is -0.481 e. The van der Waals surface area contributed by atoms with Crippen molar-refractivity contribution in [3.8, 4) is 0 Å². The molecule has 0 aliphatic rings. The average Bonchev–Trinajstić information content (AvgIpc) is 2.97. The second-order valence-electron chi connectivity index (χ2n) is 5.58. The largest absolute Gasteiger partial charge is 0.481 e. The molecule has 3 rings (SSSR count). The first kappa shape index (κ1) is 16.8. The zero-order valence-electron chi connectivity index (χ0n) is 13.1. The van der Waals surface area contributed by atoms with E-state index in [1.54, 1.807) is 0 Å². The number of halogens is 2. The van der Waals surface area contributed by atoms with Crippen molar-refractivity contribution in [2.45, 2.75) is 25.9 Å². The second-order valence-corrected chi connectivity index (χ2v) is 5.58. The molecule has 0 atom stereocenters. The highest BCUT2D eigenvalue weighted by Gasteiger charge is 2.19. The van der Waals surface area contributed by atoms with Gasteiger partial charge in [0, 0.05) is 29.8 Å². The highest BCUT2D eigenvalue weighted by molar-refractivity contribution is 5.79. The Hall–Kier alpha value is -3.03. The highest BCUT2D eigenvalue weighted by atomic mass is 19.3. The molecule has 2 heterocycles. The van der Waals surface area contributed by atoms with Gasteiger partial charge in [-0.15, -0.1) is 0 Å². The molecule has 0 amide bonds. The van der Waals surface area contributed by atoms with Crippen LogP contribution in [0, 0.1) is 0 Å². The van der Waals surface area contributed by atoms with E-state index in [2.05, 4.69) is 5.10 Å². The molecule has 3 aromatic rings. The Morgan fingerprint density at radius 1 is 1.24 bits per heavy atom. The smallest absolute Gasteiger partial charge is 0.305 e. The van der Waals surface area contributed by atoms with E-state index in [1.165, 1.54) is 10.9 Å². The van der Waals surface area contributed by atoms with Crippen LogP contribution in [0.25, 0.3) is 11.0 Å². The van der Waals surface area contributed by atoms with Gasteiger partial charge in [0.25, 0.3) is 12.0 Å². The monoisotopic (exact) mass is 347 g/mol. The van der Waals surface area contributed by atoms with Gasteiger partial charge in [0.1, 0.15) is 0 Å². The van der Waals surface area contributed by atoms with E-state index in [4.69, 9.17) is 5.11 Å². The zero-order valence-corrected chi connectivity index (χ0v) is 13.1. The van der Waals surface area contributed by atoms with Gasteiger partial charge in [0.05, 0.1) is 13.0 Å².